The van der Waals surface area contributed by atoms with Crippen molar-refractivity contribution in [2.45, 2.75) is 19.9 Å². The first kappa shape index (κ1) is 29.4. The van der Waals surface area contributed by atoms with Crippen LogP contribution in [0.3, 0.4) is 0 Å². The van der Waals surface area contributed by atoms with E-state index in [1.165, 1.54) is 5.48 Å². The van der Waals surface area contributed by atoms with E-state index < -0.39 is 17.9 Å². The van der Waals surface area contributed by atoms with Crippen molar-refractivity contribution < 1.29 is 19.6 Å². The van der Waals surface area contributed by atoms with Crippen LogP contribution in [0.25, 0.3) is 0 Å². The minimum atomic E-state index is -1.05. The SMILES string of the molecule is C.N#CCCNCC(=O)Nc1ccc(C#CC#Cc2ccc(C(=O)N[C@@H](CN)C(=O)NO)cc2)cc1. The summed E-state index contributed by atoms with van der Waals surface area (Å²) in [7, 11) is 0. The third kappa shape index (κ3) is 10.1. The Hall–Kier alpha value is -4.66. The van der Waals surface area contributed by atoms with Gasteiger partial charge in [0.05, 0.1) is 12.6 Å². The lowest BCUT2D eigenvalue weighted by Crippen LogP contribution is -2.50. The van der Waals surface area contributed by atoms with Gasteiger partial charge in [0.25, 0.3) is 11.8 Å². The number of anilines is 1. The monoisotopic (exact) mass is 488 g/mol. The molecule has 1 atom stereocenters. The molecule has 3 amide bonds. The summed E-state index contributed by atoms with van der Waals surface area (Å²) in [6.07, 6.45) is 0.342. The molecule has 0 unspecified atom stereocenters. The summed E-state index contributed by atoms with van der Waals surface area (Å²) in [4.78, 5) is 35.4. The smallest absolute Gasteiger partial charge is 0.267 e. The van der Waals surface area contributed by atoms with Crippen molar-refractivity contribution in [2.75, 3.05) is 25.0 Å². The molecule has 0 saturated carbocycles. The van der Waals surface area contributed by atoms with E-state index in [2.05, 4.69) is 39.6 Å². The van der Waals surface area contributed by atoms with E-state index in [1.54, 1.807) is 48.5 Å². The summed E-state index contributed by atoms with van der Waals surface area (Å²) in [6.45, 7) is 0.415. The standard InChI is InChI=1S/C25H24N6O4.CH4/c26-14-3-15-28-17-23(32)29-21-12-8-19(9-13-21)5-2-1-4-18-6-10-20(11-7-18)24(33)30-22(16-27)25(34)31-35;/h6-13,22,28,35H,3,15-17,27H2,(H,29,32)(H,30,33)(H,31,34);1H4/t22-;/m0./s1. The summed E-state index contributed by atoms with van der Waals surface area (Å²) in [6, 6.07) is 14.3. The molecule has 0 aromatic heterocycles. The van der Waals surface area contributed by atoms with Gasteiger partial charge in [-0.2, -0.15) is 5.26 Å². The van der Waals surface area contributed by atoms with Crippen molar-refractivity contribution in [2.24, 2.45) is 5.73 Å². The lowest BCUT2D eigenvalue weighted by atomic mass is 10.1. The summed E-state index contributed by atoms with van der Waals surface area (Å²) < 4.78 is 0. The van der Waals surface area contributed by atoms with E-state index in [1.807, 2.05) is 6.07 Å². The van der Waals surface area contributed by atoms with Crippen molar-refractivity contribution in [1.82, 2.24) is 16.1 Å². The Bertz CT molecular complexity index is 1200. The van der Waals surface area contributed by atoms with Gasteiger partial charge >= 0.3 is 0 Å². The second-order valence-electron chi connectivity index (χ2n) is 7.03. The van der Waals surface area contributed by atoms with Crippen LogP contribution < -0.4 is 27.2 Å². The van der Waals surface area contributed by atoms with E-state index in [0.29, 0.717) is 29.8 Å². The molecule has 7 N–H and O–H groups in total. The van der Waals surface area contributed by atoms with Gasteiger partial charge in [-0.05, 0) is 60.4 Å². The number of nitriles is 1. The van der Waals surface area contributed by atoms with Crippen LogP contribution in [0.1, 0.15) is 35.3 Å². The van der Waals surface area contributed by atoms with Crippen LogP contribution in [-0.4, -0.2) is 48.6 Å². The number of hydrogen-bond donors (Lipinski definition) is 6. The zero-order valence-corrected chi connectivity index (χ0v) is 18.7. The van der Waals surface area contributed by atoms with E-state index in [0.717, 1.165) is 5.56 Å². The van der Waals surface area contributed by atoms with Crippen LogP contribution in [0, 0.1) is 35.0 Å². The molecule has 0 aliphatic heterocycles. The Morgan fingerprint density at radius 3 is 2.08 bits per heavy atom. The molecule has 2 aromatic rings. The summed E-state index contributed by atoms with van der Waals surface area (Å²) in [5.74, 6) is 9.73. The van der Waals surface area contributed by atoms with Crippen molar-refractivity contribution in [1.29, 1.82) is 5.26 Å². The first-order valence-corrected chi connectivity index (χ1v) is 10.5. The average Bonchev–Trinajstić information content (AvgIpc) is 2.88. The van der Waals surface area contributed by atoms with Gasteiger partial charge in [0.1, 0.15) is 6.04 Å². The van der Waals surface area contributed by atoms with Crippen molar-refractivity contribution >= 4 is 23.4 Å². The van der Waals surface area contributed by atoms with E-state index in [9.17, 15) is 14.4 Å². The number of rotatable bonds is 9. The molecule has 0 bridgehead atoms. The number of nitrogens with zero attached hydrogens (tertiary/aromatic N) is 1. The van der Waals surface area contributed by atoms with Crippen LogP contribution in [-0.2, 0) is 9.59 Å². The Kier molecular flexibility index (Phi) is 13.1. The topological polar surface area (TPSA) is 169 Å². The van der Waals surface area contributed by atoms with Crippen molar-refractivity contribution in [3.05, 3.63) is 65.2 Å². The predicted octanol–water partition coefficient (Wildman–Crippen LogP) is 0.730. The van der Waals surface area contributed by atoms with Gasteiger partial charge in [0.2, 0.25) is 5.91 Å². The Morgan fingerprint density at radius 2 is 1.56 bits per heavy atom. The zero-order chi connectivity index (χ0) is 25.5. The Labute approximate surface area is 210 Å². The Morgan fingerprint density at radius 1 is 0.972 bits per heavy atom. The number of carbonyl (C=O) groups is 3. The highest BCUT2D eigenvalue weighted by atomic mass is 16.5. The molecule has 0 saturated heterocycles. The maximum absolute atomic E-state index is 12.2. The molecule has 0 spiro atoms. The number of carbonyl (C=O) groups excluding carboxylic acids is 3. The lowest BCUT2D eigenvalue weighted by Gasteiger charge is -2.14. The molecule has 36 heavy (non-hydrogen) atoms. The van der Waals surface area contributed by atoms with E-state index in [-0.39, 0.29) is 26.4 Å². The van der Waals surface area contributed by atoms with Crippen molar-refractivity contribution in [3.8, 4) is 29.8 Å². The number of benzene rings is 2. The third-order valence-electron chi connectivity index (χ3n) is 4.46. The van der Waals surface area contributed by atoms with Crippen molar-refractivity contribution in [3.63, 3.8) is 0 Å². The fourth-order valence-electron chi connectivity index (χ4n) is 2.65. The highest BCUT2D eigenvalue weighted by Gasteiger charge is 2.19. The maximum Gasteiger partial charge on any atom is 0.267 e. The van der Waals surface area contributed by atoms with Gasteiger partial charge in [0.15, 0.2) is 0 Å². The molecular weight excluding hydrogens is 460 g/mol. The number of nitrogens with one attached hydrogen (secondary N) is 4. The van der Waals surface area contributed by atoms with Gasteiger partial charge in [-0.1, -0.05) is 19.3 Å². The second kappa shape index (κ2) is 16.0. The minimum absolute atomic E-state index is 0. The maximum atomic E-state index is 12.2. The van der Waals surface area contributed by atoms with Gasteiger partial charge < -0.3 is 21.7 Å². The molecule has 0 fully saturated rings. The minimum Gasteiger partial charge on any atom is -0.339 e. The van der Waals surface area contributed by atoms with Gasteiger partial charge in [-0.15, -0.1) is 0 Å². The second-order valence-corrected chi connectivity index (χ2v) is 7.03. The lowest BCUT2D eigenvalue weighted by molar-refractivity contribution is -0.130. The summed E-state index contributed by atoms with van der Waals surface area (Å²) in [5.41, 5.74) is 9.16. The van der Waals surface area contributed by atoms with Crippen LogP contribution in [0.15, 0.2) is 48.5 Å². The molecule has 0 aliphatic rings. The first-order valence-electron chi connectivity index (χ1n) is 10.5. The normalized spacial score (nSPS) is 10.0. The Balaban J connectivity index is 0.00000648. The molecule has 0 heterocycles. The quantitative estimate of drug-likeness (QED) is 0.131. The molecule has 2 aromatic carbocycles. The fourth-order valence-corrected chi connectivity index (χ4v) is 2.65. The largest absolute Gasteiger partial charge is 0.339 e. The zero-order valence-electron chi connectivity index (χ0n) is 18.7. The van der Waals surface area contributed by atoms with E-state index in [4.69, 9.17) is 16.2 Å². The van der Waals surface area contributed by atoms with Gasteiger partial charge in [-0.3, -0.25) is 19.6 Å². The van der Waals surface area contributed by atoms with Crippen LogP contribution in [0.5, 0.6) is 0 Å². The van der Waals surface area contributed by atoms with Crippen LogP contribution in [0.4, 0.5) is 5.69 Å². The highest BCUT2D eigenvalue weighted by Crippen LogP contribution is 2.08. The van der Waals surface area contributed by atoms with E-state index >= 15 is 0 Å². The number of amides is 3. The first-order chi connectivity index (χ1) is 17.0. The number of hydrogen-bond acceptors (Lipinski definition) is 7. The molecule has 0 aliphatic carbocycles. The van der Waals surface area contributed by atoms with Crippen LogP contribution >= 0.6 is 0 Å². The molecule has 186 valence electrons. The fraction of sp³-hybridized carbons (Fsp3) is 0.231. The number of nitrogens with two attached hydrogens (primary N) is 1. The average molecular weight is 489 g/mol. The highest BCUT2D eigenvalue weighted by molar-refractivity contribution is 5.97. The predicted molar refractivity (Wildman–Crippen MR) is 135 cm³/mol. The molecule has 10 nitrogen and oxygen atoms in total. The summed E-state index contributed by atoms with van der Waals surface area (Å²) >= 11 is 0. The molecule has 2 rings (SSSR count). The van der Waals surface area contributed by atoms with Gasteiger partial charge in [-0.25, -0.2) is 5.48 Å². The molecule has 0 radical (unpaired) electrons. The van der Waals surface area contributed by atoms with Crippen LogP contribution in [0.2, 0.25) is 0 Å². The molecular formula is C26H28N6O4. The number of hydroxylamine groups is 1. The third-order valence-corrected chi connectivity index (χ3v) is 4.46. The summed E-state index contributed by atoms with van der Waals surface area (Å²) in [5, 5.41) is 25.2. The molecule has 10 heteroatoms. The van der Waals surface area contributed by atoms with Gasteiger partial charge in [0, 0.05) is 41.9 Å².